The van der Waals surface area contributed by atoms with Crippen LogP contribution >= 0.6 is 0 Å². The third-order valence-corrected chi connectivity index (χ3v) is 3.12. The Kier molecular flexibility index (Phi) is 4.47. The number of rotatable bonds is 5. The van der Waals surface area contributed by atoms with Crippen LogP contribution in [0, 0.1) is 0 Å². The van der Waals surface area contributed by atoms with Crippen molar-refractivity contribution < 1.29 is 5.11 Å². The van der Waals surface area contributed by atoms with Crippen molar-refractivity contribution in [3.05, 3.63) is 54.1 Å². The highest BCUT2D eigenvalue weighted by Gasteiger charge is 2.05. The zero-order valence-electron chi connectivity index (χ0n) is 11.3. The number of anilines is 1. The lowest BCUT2D eigenvalue weighted by Gasteiger charge is -2.19. The molecule has 0 bridgehead atoms. The third-order valence-electron chi connectivity index (χ3n) is 3.12. The Hall–Kier alpha value is -1.94. The first-order valence-electron chi connectivity index (χ1n) is 6.41. The van der Waals surface area contributed by atoms with Crippen molar-refractivity contribution in [2.45, 2.75) is 19.4 Å². The van der Waals surface area contributed by atoms with Crippen molar-refractivity contribution in [1.29, 1.82) is 0 Å². The second kappa shape index (κ2) is 6.29. The average molecular weight is 257 g/mol. The van der Waals surface area contributed by atoms with Gasteiger partial charge in [-0.2, -0.15) is 0 Å². The zero-order chi connectivity index (χ0) is 13.7. The fourth-order valence-electron chi connectivity index (χ4n) is 1.85. The molecule has 0 spiro atoms. The van der Waals surface area contributed by atoms with Crippen LogP contribution in [0.1, 0.15) is 24.3 Å². The quantitative estimate of drug-likeness (QED) is 0.892. The summed E-state index contributed by atoms with van der Waals surface area (Å²) in [7, 11) is 2.04. The normalized spacial score (nSPS) is 12.2. The van der Waals surface area contributed by atoms with Gasteiger partial charge in [0.1, 0.15) is 0 Å². The Labute approximate surface area is 113 Å². The molecule has 0 aromatic carbocycles. The van der Waals surface area contributed by atoms with Crippen LogP contribution in [-0.2, 0) is 6.42 Å². The van der Waals surface area contributed by atoms with E-state index in [1.54, 1.807) is 13.1 Å². The van der Waals surface area contributed by atoms with Crippen LogP contribution in [0.2, 0.25) is 0 Å². The molecular formula is C15H19N3O. The van der Waals surface area contributed by atoms with Crippen molar-refractivity contribution in [2.75, 3.05) is 18.5 Å². The van der Waals surface area contributed by atoms with E-state index in [9.17, 15) is 5.11 Å². The summed E-state index contributed by atoms with van der Waals surface area (Å²) in [6.07, 6.45) is 5.88. The van der Waals surface area contributed by atoms with Crippen molar-refractivity contribution in [3.8, 4) is 0 Å². The van der Waals surface area contributed by atoms with Crippen LogP contribution in [-0.4, -0.2) is 28.7 Å². The summed E-state index contributed by atoms with van der Waals surface area (Å²) in [4.78, 5) is 10.4. The van der Waals surface area contributed by atoms with Crippen LogP contribution in [0.3, 0.4) is 0 Å². The summed E-state index contributed by atoms with van der Waals surface area (Å²) in [5, 5.41) is 9.42. The Bertz CT molecular complexity index is 497. The number of pyridine rings is 2. The van der Waals surface area contributed by atoms with Crippen LogP contribution in [0.25, 0.3) is 0 Å². The van der Waals surface area contributed by atoms with Crippen LogP contribution < -0.4 is 4.90 Å². The lowest BCUT2D eigenvalue weighted by molar-refractivity contribution is 0.194. The summed E-state index contributed by atoms with van der Waals surface area (Å²) >= 11 is 0. The van der Waals surface area contributed by atoms with E-state index in [2.05, 4.69) is 14.9 Å². The molecule has 1 atom stereocenters. The molecule has 2 aromatic rings. The lowest BCUT2D eigenvalue weighted by atomic mass is 10.2. The summed E-state index contributed by atoms with van der Waals surface area (Å²) in [6, 6.07) is 7.91. The fourth-order valence-corrected chi connectivity index (χ4v) is 1.85. The van der Waals surface area contributed by atoms with Gasteiger partial charge in [-0.3, -0.25) is 9.97 Å². The Morgan fingerprint density at radius 2 is 1.95 bits per heavy atom. The first-order valence-corrected chi connectivity index (χ1v) is 6.41. The number of hydrogen-bond acceptors (Lipinski definition) is 4. The summed E-state index contributed by atoms with van der Waals surface area (Å²) in [5.74, 6) is 0. The number of aliphatic hydroxyl groups is 1. The molecule has 19 heavy (non-hydrogen) atoms. The SMILES string of the molecule is C[C@@H](O)c1ccc(N(C)CCc2ccncc2)cn1. The van der Waals surface area contributed by atoms with E-state index in [1.807, 2.05) is 43.7 Å². The molecule has 0 saturated heterocycles. The summed E-state index contributed by atoms with van der Waals surface area (Å²) < 4.78 is 0. The minimum Gasteiger partial charge on any atom is -0.387 e. The van der Waals surface area contributed by atoms with Gasteiger partial charge in [-0.25, -0.2) is 0 Å². The van der Waals surface area contributed by atoms with Crippen molar-refractivity contribution in [2.24, 2.45) is 0 Å². The first kappa shape index (κ1) is 13.5. The molecule has 4 heteroatoms. The highest BCUT2D eigenvalue weighted by molar-refractivity contribution is 5.44. The lowest BCUT2D eigenvalue weighted by Crippen LogP contribution is -2.20. The maximum absolute atomic E-state index is 9.42. The van der Waals surface area contributed by atoms with Crippen LogP contribution in [0.5, 0.6) is 0 Å². The van der Waals surface area contributed by atoms with Gasteiger partial charge >= 0.3 is 0 Å². The predicted octanol–water partition coefficient (Wildman–Crippen LogP) is 2.21. The summed E-state index contributed by atoms with van der Waals surface area (Å²) in [5.41, 5.74) is 3.03. The van der Waals surface area contributed by atoms with Gasteiger partial charge in [0, 0.05) is 26.0 Å². The highest BCUT2D eigenvalue weighted by Crippen LogP contribution is 2.15. The van der Waals surface area contributed by atoms with Crippen LogP contribution in [0.4, 0.5) is 5.69 Å². The van der Waals surface area contributed by atoms with Gasteiger partial charge in [-0.05, 0) is 43.2 Å². The number of likely N-dealkylation sites (N-methyl/N-ethyl adjacent to an activating group) is 1. The molecule has 0 amide bonds. The number of hydrogen-bond donors (Lipinski definition) is 1. The Morgan fingerprint density at radius 1 is 1.21 bits per heavy atom. The number of aromatic nitrogens is 2. The van der Waals surface area contributed by atoms with Crippen molar-refractivity contribution in [3.63, 3.8) is 0 Å². The summed E-state index contributed by atoms with van der Waals surface area (Å²) in [6.45, 7) is 2.63. The molecule has 0 radical (unpaired) electrons. The average Bonchev–Trinajstić information content (AvgIpc) is 2.46. The fraction of sp³-hybridized carbons (Fsp3) is 0.333. The smallest absolute Gasteiger partial charge is 0.0931 e. The predicted molar refractivity (Wildman–Crippen MR) is 76.1 cm³/mol. The van der Waals surface area contributed by atoms with E-state index in [-0.39, 0.29) is 0 Å². The molecule has 100 valence electrons. The number of nitrogens with zero attached hydrogens (tertiary/aromatic N) is 3. The van der Waals surface area contributed by atoms with E-state index in [0.717, 1.165) is 18.7 Å². The van der Waals surface area contributed by atoms with E-state index >= 15 is 0 Å². The zero-order valence-corrected chi connectivity index (χ0v) is 11.3. The molecule has 0 aliphatic carbocycles. The minimum absolute atomic E-state index is 0.517. The van der Waals surface area contributed by atoms with Gasteiger partial charge < -0.3 is 10.0 Å². The van der Waals surface area contributed by atoms with Gasteiger partial charge in [-0.15, -0.1) is 0 Å². The van der Waals surface area contributed by atoms with E-state index in [0.29, 0.717) is 5.69 Å². The first-order chi connectivity index (χ1) is 9.16. The molecule has 1 N–H and O–H groups in total. The molecule has 0 aliphatic heterocycles. The second-order valence-corrected chi connectivity index (χ2v) is 4.64. The second-order valence-electron chi connectivity index (χ2n) is 4.64. The number of aliphatic hydroxyl groups excluding tert-OH is 1. The largest absolute Gasteiger partial charge is 0.387 e. The van der Waals surface area contributed by atoms with Gasteiger partial charge in [0.2, 0.25) is 0 Å². The standard InChI is InChI=1S/C15H19N3O/c1-12(19)15-4-3-14(11-17-15)18(2)10-7-13-5-8-16-9-6-13/h3-6,8-9,11-12,19H,7,10H2,1-2H3/t12-/m1/s1. The van der Waals surface area contributed by atoms with Crippen molar-refractivity contribution >= 4 is 5.69 Å². The monoisotopic (exact) mass is 257 g/mol. The van der Waals surface area contributed by atoms with E-state index in [1.165, 1.54) is 5.56 Å². The van der Waals surface area contributed by atoms with Gasteiger partial charge in [0.15, 0.2) is 0 Å². The maximum atomic E-state index is 9.42. The van der Waals surface area contributed by atoms with Gasteiger partial charge in [0.05, 0.1) is 23.7 Å². The van der Waals surface area contributed by atoms with Gasteiger partial charge in [-0.1, -0.05) is 0 Å². The van der Waals surface area contributed by atoms with Crippen LogP contribution in [0.15, 0.2) is 42.9 Å². The highest BCUT2D eigenvalue weighted by atomic mass is 16.3. The molecule has 0 saturated carbocycles. The van der Waals surface area contributed by atoms with Gasteiger partial charge in [0.25, 0.3) is 0 Å². The molecule has 4 nitrogen and oxygen atoms in total. The molecular weight excluding hydrogens is 238 g/mol. The van der Waals surface area contributed by atoms with E-state index in [4.69, 9.17) is 0 Å². The molecule has 2 rings (SSSR count). The molecule has 0 unspecified atom stereocenters. The minimum atomic E-state index is -0.517. The third kappa shape index (κ3) is 3.76. The molecule has 2 heterocycles. The molecule has 0 fully saturated rings. The Morgan fingerprint density at radius 3 is 2.53 bits per heavy atom. The molecule has 2 aromatic heterocycles. The molecule has 0 aliphatic rings. The topological polar surface area (TPSA) is 49.2 Å². The maximum Gasteiger partial charge on any atom is 0.0931 e. The van der Waals surface area contributed by atoms with Crippen molar-refractivity contribution in [1.82, 2.24) is 9.97 Å². The Balaban J connectivity index is 1.94. The van der Waals surface area contributed by atoms with E-state index < -0.39 is 6.10 Å².